The number of hydrogen-bond donors (Lipinski definition) is 1. The van der Waals surface area contributed by atoms with Gasteiger partial charge in [0.05, 0.1) is 13.2 Å². The number of carbonyl (C=O) groups excluding carboxylic acids is 1. The van der Waals surface area contributed by atoms with E-state index in [0.29, 0.717) is 12.1 Å². The van der Waals surface area contributed by atoms with E-state index in [1.54, 1.807) is 43.4 Å². The Kier molecular flexibility index (Phi) is 6.93. The summed E-state index contributed by atoms with van der Waals surface area (Å²) in [6.45, 7) is 5.17. The molecule has 0 saturated carbocycles. The van der Waals surface area contributed by atoms with E-state index in [1.165, 1.54) is 23.6 Å². The number of sulfonamides is 1. The third-order valence-corrected chi connectivity index (χ3v) is 7.57. The zero-order valence-electron chi connectivity index (χ0n) is 18.1. The molecular formula is C21H28N4O5S. The minimum Gasteiger partial charge on any atom is -0.487 e. The van der Waals surface area contributed by atoms with Gasteiger partial charge in [0.1, 0.15) is 23.1 Å². The summed E-state index contributed by atoms with van der Waals surface area (Å²) in [6.07, 6.45) is 4.24. The van der Waals surface area contributed by atoms with E-state index in [9.17, 15) is 18.3 Å². The van der Waals surface area contributed by atoms with Crippen molar-refractivity contribution in [3.63, 3.8) is 0 Å². The topological polar surface area (TPSA) is 113 Å². The van der Waals surface area contributed by atoms with Gasteiger partial charge in [-0.05, 0) is 24.6 Å². The summed E-state index contributed by atoms with van der Waals surface area (Å²) in [7, 11) is -2.24. The fourth-order valence-corrected chi connectivity index (χ4v) is 5.30. The Hall–Kier alpha value is -2.56. The third kappa shape index (κ3) is 4.86. The lowest BCUT2D eigenvalue weighted by Crippen LogP contribution is -2.50. The molecule has 1 amide bonds. The average Bonchev–Trinajstić information content (AvgIpc) is 2.75. The van der Waals surface area contributed by atoms with Crippen LogP contribution in [0.25, 0.3) is 11.1 Å². The zero-order valence-corrected chi connectivity index (χ0v) is 18.9. The van der Waals surface area contributed by atoms with Crippen molar-refractivity contribution in [3.05, 3.63) is 36.9 Å². The number of carbonyl (C=O) groups is 1. The van der Waals surface area contributed by atoms with Crippen LogP contribution in [0.4, 0.5) is 0 Å². The SMILES string of the molecule is CC(=O)N(C)C[C@H]1Oc2cc(-c3cncnc3)ccc2S(=O)(=O)N([C@H](C)CO)C[C@H]1C. The molecule has 0 bridgehead atoms. The second kappa shape index (κ2) is 9.29. The van der Waals surface area contributed by atoms with E-state index < -0.39 is 22.2 Å². The molecular weight excluding hydrogens is 420 g/mol. The molecule has 1 aliphatic rings. The lowest BCUT2D eigenvalue weighted by atomic mass is 10.0. The predicted molar refractivity (Wildman–Crippen MR) is 115 cm³/mol. The van der Waals surface area contributed by atoms with Crippen molar-refractivity contribution >= 4 is 15.9 Å². The van der Waals surface area contributed by atoms with E-state index in [-0.39, 0.29) is 35.6 Å². The molecule has 168 valence electrons. The van der Waals surface area contributed by atoms with Gasteiger partial charge in [0.15, 0.2) is 0 Å². The van der Waals surface area contributed by atoms with Crippen LogP contribution in [0.5, 0.6) is 5.75 Å². The van der Waals surface area contributed by atoms with E-state index >= 15 is 0 Å². The lowest BCUT2D eigenvalue weighted by molar-refractivity contribution is -0.129. The van der Waals surface area contributed by atoms with Crippen molar-refractivity contribution < 1.29 is 23.1 Å². The summed E-state index contributed by atoms with van der Waals surface area (Å²) in [5, 5.41) is 9.69. The van der Waals surface area contributed by atoms with E-state index in [0.717, 1.165) is 5.56 Å². The minimum absolute atomic E-state index is 0.0239. The summed E-state index contributed by atoms with van der Waals surface area (Å²) < 4.78 is 34.4. The van der Waals surface area contributed by atoms with Gasteiger partial charge in [-0.25, -0.2) is 18.4 Å². The quantitative estimate of drug-likeness (QED) is 0.735. The normalized spacial score (nSPS) is 21.8. The Morgan fingerprint density at radius 2 is 2.00 bits per heavy atom. The van der Waals surface area contributed by atoms with Gasteiger partial charge in [-0.1, -0.05) is 13.0 Å². The number of aliphatic hydroxyl groups is 1. The van der Waals surface area contributed by atoms with Crippen molar-refractivity contribution in [2.24, 2.45) is 5.92 Å². The molecule has 2 heterocycles. The largest absolute Gasteiger partial charge is 0.487 e. The monoisotopic (exact) mass is 448 g/mol. The Balaban J connectivity index is 2.13. The molecule has 0 unspecified atom stereocenters. The van der Waals surface area contributed by atoms with Crippen molar-refractivity contribution in [3.8, 4) is 16.9 Å². The zero-order chi connectivity index (χ0) is 22.8. The van der Waals surface area contributed by atoms with Gasteiger partial charge < -0.3 is 14.7 Å². The first-order chi connectivity index (χ1) is 14.6. The van der Waals surface area contributed by atoms with Crippen LogP contribution in [0.3, 0.4) is 0 Å². The average molecular weight is 449 g/mol. The van der Waals surface area contributed by atoms with Gasteiger partial charge in [-0.2, -0.15) is 4.31 Å². The van der Waals surface area contributed by atoms with Gasteiger partial charge in [-0.15, -0.1) is 0 Å². The maximum atomic E-state index is 13.5. The molecule has 2 aromatic rings. The van der Waals surface area contributed by atoms with E-state index in [2.05, 4.69) is 9.97 Å². The summed E-state index contributed by atoms with van der Waals surface area (Å²) in [5.41, 5.74) is 1.43. The van der Waals surface area contributed by atoms with Crippen LogP contribution in [0, 0.1) is 5.92 Å². The highest BCUT2D eigenvalue weighted by molar-refractivity contribution is 7.89. The molecule has 0 saturated heterocycles. The first-order valence-corrected chi connectivity index (χ1v) is 11.5. The van der Waals surface area contributed by atoms with Crippen molar-refractivity contribution in [2.45, 2.75) is 37.8 Å². The molecule has 1 aromatic heterocycles. The molecule has 1 aliphatic heterocycles. The number of fused-ring (bicyclic) bond motifs is 1. The molecule has 3 atom stereocenters. The number of ether oxygens (including phenoxy) is 1. The second-order valence-electron chi connectivity index (χ2n) is 7.93. The summed E-state index contributed by atoms with van der Waals surface area (Å²) in [4.78, 5) is 21.4. The van der Waals surface area contributed by atoms with Crippen LogP contribution < -0.4 is 4.74 Å². The molecule has 3 rings (SSSR count). The van der Waals surface area contributed by atoms with Crippen molar-refractivity contribution in [1.82, 2.24) is 19.2 Å². The number of amides is 1. The first kappa shape index (κ1) is 23.1. The van der Waals surface area contributed by atoms with Crippen molar-refractivity contribution in [2.75, 3.05) is 26.7 Å². The number of aromatic nitrogens is 2. The van der Waals surface area contributed by atoms with Gasteiger partial charge >= 0.3 is 0 Å². The Bertz CT molecular complexity index is 1030. The molecule has 0 aliphatic carbocycles. The van der Waals surface area contributed by atoms with Crippen LogP contribution in [-0.2, 0) is 14.8 Å². The standard InChI is InChI=1S/C21H28N4O5S/c1-14-10-25(15(2)12-26)31(28,29)21-6-5-17(18-8-22-13-23-9-18)7-19(21)30-20(14)11-24(4)16(3)27/h5-9,13-15,20,26H,10-12H2,1-4H3/t14-,15-,20-/m1/s1. The number of hydrogen-bond acceptors (Lipinski definition) is 7. The molecule has 0 radical (unpaired) electrons. The maximum absolute atomic E-state index is 13.5. The van der Waals surface area contributed by atoms with Gasteiger partial charge in [0, 0.05) is 50.4 Å². The van der Waals surface area contributed by atoms with Gasteiger partial charge in [0.25, 0.3) is 0 Å². The number of aliphatic hydroxyl groups excluding tert-OH is 1. The van der Waals surface area contributed by atoms with Crippen molar-refractivity contribution in [1.29, 1.82) is 0 Å². The first-order valence-electron chi connectivity index (χ1n) is 10.1. The van der Waals surface area contributed by atoms with Crippen LogP contribution in [0.15, 0.2) is 41.8 Å². The van der Waals surface area contributed by atoms with Crippen LogP contribution in [-0.4, -0.2) is 77.5 Å². The van der Waals surface area contributed by atoms with Crippen LogP contribution in [0.2, 0.25) is 0 Å². The Morgan fingerprint density at radius 3 is 2.61 bits per heavy atom. The predicted octanol–water partition coefficient (Wildman–Crippen LogP) is 1.39. The highest BCUT2D eigenvalue weighted by Gasteiger charge is 2.38. The molecule has 0 spiro atoms. The Morgan fingerprint density at radius 1 is 1.32 bits per heavy atom. The number of likely N-dealkylation sites (N-methyl/N-ethyl adjacent to an activating group) is 1. The number of rotatable bonds is 5. The fraction of sp³-hybridized carbons (Fsp3) is 0.476. The highest BCUT2D eigenvalue weighted by atomic mass is 32.2. The number of nitrogens with zero attached hydrogens (tertiary/aromatic N) is 4. The molecule has 1 aromatic carbocycles. The molecule has 1 N–H and O–H groups in total. The van der Waals surface area contributed by atoms with E-state index in [4.69, 9.17) is 4.74 Å². The smallest absolute Gasteiger partial charge is 0.247 e. The maximum Gasteiger partial charge on any atom is 0.247 e. The summed E-state index contributed by atoms with van der Waals surface area (Å²) >= 11 is 0. The minimum atomic E-state index is -3.92. The van der Waals surface area contributed by atoms with Crippen LogP contribution >= 0.6 is 0 Å². The second-order valence-corrected chi connectivity index (χ2v) is 9.79. The molecule has 0 fully saturated rings. The molecule has 10 heteroatoms. The summed E-state index contributed by atoms with van der Waals surface area (Å²) in [5.74, 6) is -0.145. The Labute approximate surface area is 182 Å². The van der Waals surface area contributed by atoms with Gasteiger partial charge in [0.2, 0.25) is 15.9 Å². The van der Waals surface area contributed by atoms with Crippen LogP contribution in [0.1, 0.15) is 20.8 Å². The fourth-order valence-electron chi connectivity index (χ4n) is 3.47. The van der Waals surface area contributed by atoms with Gasteiger partial charge in [-0.3, -0.25) is 4.79 Å². The molecule has 31 heavy (non-hydrogen) atoms. The van der Waals surface area contributed by atoms with E-state index in [1.807, 2.05) is 6.92 Å². The number of benzene rings is 1. The summed E-state index contributed by atoms with van der Waals surface area (Å²) in [6, 6.07) is 4.24. The lowest BCUT2D eigenvalue weighted by Gasteiger charge is -2.37. The molecule has 9 nitrogen and oxygen atoms in total. The third-order valence-electron chi connectivity index (χ3n) is 5.55. The highest BCUT2D eigenvalue weighted by Crippen LogP contribution is 2.36.